The lowest BCUT2D eigenvalue weighted by Crippen LogP contribution is -2.24. The van der Waals surface area contributed by atoms with Crippen molar-refractivity contribution in [2.24, 2.45) is 0 Å². The Kier molecular flexibility index (Phi) is 5.92. The van der Waals surface area contributed by atoms with E-state index in [0.29, 0.717) is 42.6 Å². The van der Waals surface area contributed by atoms with Gasteiger partial charge in [0.25, 0.3) is 0 Å². The second-order valence-corrected chi connectivity index (χ2v) is 8.43. The maximum atomic E-state index is 12.9. The Balaban J connectivity index is 1.41. The van der Waals surface area contributed by atoms with E-state index >= 15 is 0 Å². The van der Waals surface area contributed by atoms with Crippen LogP contribution >= 0.6 is 11.6 Å². The molecule has 1 atom stereocenters. The first-order valence-electron chi connectivity index (χ1n) is 10.9. The fraction of sp³-hybridized carbons (Fsp3) is 0.231. The van der Waals surface area contributed by atoms with Crippen LogP contribution < -0.4 is 14.4 Å². The average Bonchev–Trinajstić information content (AvgIpc) is 3.40. The number of rotatable bonds is 7. The molecule has 0 bridgehead atoms. The Morgan fingerprint density at radius 1 is 1.03 bits per heavy atom. The standard InChI is InChI=1S/C26H24ClN3O3/c1-32-23-11-4-5-12-24(23)33-14-13-29-22-10-3-2-9-21(22)28-26(29)18-15-25(31)30(17-18)20-8-6-7-19(27)16-20/h2-12,16,18H,13-15,17H2,1H3/t18-/m0/s1. The highest BCUT2D eigenvalue weighted by atomic mass is 35.5. The third kappa shape index (κ3) is 4.26. The van der Waals surface area contributed by atoms with E-state index in [0.717, 1.165) is 22.5 Å². The number of hydrogen-bond acceptors (Lipinski definition) is 4. The third-order valence-corrected chi connectivity index (χ3v) is 6.17. The van der Waals surface area contributed by atoms with E-state index in [9.17, 15) is 4.79 Å². The van der Waals surface area contributed by atoms with Gasteiger partial charge in [-0.05, 0) is 42.5 Å². The molecule has 2 heterocycles. The summed E-state index contributed by atoms with van der Waals surface area (Å²) in [6.07, 6.45) is 0.406. The van der Waals surface area contributed by atoms with Crippen molar-refractivity contribution in [3.63, 3.8) is 0 Å². The van der Waals surface area contributed by atoms with Gasteiger partial charge in [0.2, 0.25) is 5.91 Å². The van der Waals surface area contributed by atoms with Gasteiger partial charge in [0, 0.05) is 29.6 Å². The number of anilines is 1. The molecule has 0 saturated carbocycles. The minimum absolute atomic E-state index is 0.0184. The van der Waals surface area contributed by atoms with Crippen LogP contribution in [0.15, 0.2) is 72.8 Å². The lowest BCUT2D eigenvalue weighted by molar-refractivity contribution is -0.117. The van der Waals surface area contributed by atoms with E-state index in [4.69, 9.17) is 26.1 Å². The second-order valence-electron chi connectivity index (χ2n) is 7.99. The lowest BCUT2D eigenvalue weighted by atomic mass is 10.1. The molecule has 0 N–H and O–H groups in total. The minimum atomic E-state index is -0.0184. The predicted octanol–water partition coefficient (Wildman–Crippen LogP) is 5.30. The van der Waals surface area contributed by atoms with E-state index in [1.807, 2.05) is 66.7 Å². The molecule has 0 unspecified atom stereocenters. The Morgan fingerprint density at radius 3 is 2.64 bits per heavy atom. The van der Waals surface area contributed by atoms with Crippen molar-refractivity contribution in [2.45, 2.75) is 18.9 Å². The average molecular weight is 462 g/mol. The number of hydrogen-bond donors (Lipinski definition) is 0. The maximum absolute atomic E-state index is 12.9. The maximum Gasteiger partial charge on any atom is 0.227 e. The fourth-order valence-electron chi connectivity index (χ4n) is 4.40. The predicted molar refractivity (Wildman–Crippen MR) is 129 cm³/mol. The number of halogens is 1. The molecule has 1 saturated heterocycles. The fourth-order valence-corrected chi connectivity index (χ4v) is 4.58. The van der Waals surface area contributed by atoms with Gasteiger partial charge >= 0.3 is 0 Å². The highest BCUT2D eigenvalue weighted by Crippen LogP contribution is 2.34. The zero-order chi connectivity index (χ0) is 22.8. The number of methoxy groups -OCH3 is 1. The van der Waals surface area contributed by atoms with E-state index < -0.39 is 0 Å². The molecule has 1 aliphatic rings. The molecule has 7 heteroatoms. The highest BCUT2D eigenvalue weighted by Gasteiger charge is 2.34. The molecule has 3 aromatic carbocycles. The first-order chi connectivity index (χ1) is 16.1. The normalized spacial score (nSPS) is 15.9. The van der Waals surface area contributed by atoms with Gasteiger partial charge in [-0.2, -0.15) is 0 Å². The molecular weight excluding hydrogens is 438 g/mol. The number of carbonyl (C=O) groups is 1. The number of fused-ring (bicyclic) bond motifs is 1. The van der Waals surface area contributed by atoms with Crippen molar-refractivity contribution >= 4 is 34.2 Å². The Hall–Kier alpha value is -3.51. The number of nitrogens with zero attached hydrogens (tertiary/aromatic N) is 3. The molecular formula is C26H24ClN3O3. The summed E-state index contributed by atoms with van der Waals surface area (Å²) in [5.74, 6) is 2.36. The summed E-state index contributed by atoms with van der Waals surface area (Å²) in [4.78, 5) is 19.6. The molecule has 5 rings (SSSR count). The summed E-state index contributed by atoms with van der Waals surface area (Å²) in [5.41, 5.74) is 2.76. The number of imidazole rings is 1. The summed E-state index contributed by atoms with van der Waals surface area (Å²) in [6.45, 7) is 1.62. The van der Waals surface area contributed by atoms with Gasteiger partial charge in [-0.1, -0.05) is 41.9 Å². The van der Waals surface area contributed by atoms with E-state index in [-0.39, 0.29) is 11.8 Å². The van der Waals surface area contributed by atoms with Crippen molar-refractivity contribution in [2.75, 3.05) is 25.2 Å². The van der Waals surface area contributed by atoms with Gasteiger partial charge in [-0.25, -0.2) is 4.98 Å². The van der Waals surface area contributed by atoms with Crippen molar-refractivity contribution < 1.29 is 14.3 Å². The highest BCUT2D eigenvalue weighted by molar-refractivity contribution is 6.30. The van der Waals surface area contributed by atoms with Crippen molar-refractivity contribution in [1.82, 2.24) is 9.55 Å². The Morgan fingerprint density at radius 2 is 1.82 bits per heavy atom. The molecule has 1 amide bonds. The molecule has 0 aliphatic carbocycles. The first kappa shape index (κ1) is 21.3. The van der Waals surface area contributed by atoms with Crippen molar-refractivity contribution in [1.29, 1.82) is 0 Å². The van der Waals surface area contributed by atoms with Gasteiger partial charge < -0.3 is 18.9 Å². The van der Waals surface area contributed by atoms with Gasteiger partial charge in [-0.3, -0.25) is 4.79 Å². The van der Waals surface area contributed by atoms with Crippen molar-refractivity contribution in [3.8, 4) is 11.5 Å². The number of amides is 1. The summed E-state index contributed by atoms with van der Waals surface area (Å²) in [6, 6.07) is 23.1. The first-order valence-corrected chi connectivity index (χ1v) is 11.3. The summed E-state index contributed by atoms with van der Waals surface area (Å²) >= 11 is 6.16. The van der Waals surface area contributed by atoms with Crippen LogP contribution in [0.4, 0.5) is 5.69 Å². The number of para-hydroxylation sites is 4. The molecule has 1 aromatic heterocycles. The van der Waals surface area contributed by atoms with Crippen LogP contribution in [0.2, 0.25) is 5.02 Å². The SMILES string of the molecule is COc1ccccc1OCCn1c([C@H]2CC(=O)N(c3cccc(Cl)c3)C2)nc2ccccc21. The topological polar surface area (TPSA) is 56.6 Å². The largest absolute Gasteiger partial charge is 0.493 e. The van der Waals surface area contributed by atoms with Crippen molar-refractivity contribution in [3.05, 3.63) is 83.6 Å². The van der Waals surface area contributed by atoms with Crippen LogP contribution in [0.5, 0.6) is 11.5 Å². The molecule has 0 radical (unpaired) electrons. The van der Waals surface area contributed by atoms with Crippen LogP contribution in [-0.2, 0) is 11.3 Å². The molecule has 6 nitrogen and oxygen atoms in total. The third-order valence-electron chi connectivity index (χ3n) is 5.94. The lowest BCUT2D eigenvalue weighted by Gasteiger charge is -2.18. The van der Waals surface area contributed by atoms with Crippen LogP contribution in [0.25, 0.3) is 11.0 Å². The van der Waals surface area contributed by atoms with E-state index in [1.54, 1.807) is 12.0 Å². The summed E-state index contributed by atoms with van der Waals surface area (Å²) < 4.78 is 13.6. The van der Waals surface area contributed by atoms with Crippen LogP contribution in [0.3, 0.4) is 0 Å². The van der Waals surface area contributed by atoms with E-state index in [1.165, 1.54) is 0 Å². The van der Waals surface area contributed by atoms with Gasteiger partial charge in [0.05, 0.1) is 24.7 Å². The zero-order valence-electron chi connectivity index (χ0n) is 18.3. The summed E-state index contributed by atoms with van der Waals surface area (Å²) in [5, 5.41) is 0.615. The zero-order valence-corrected chi connectivity index (χ0v) is 19.0. The van der Waals surface area contributed by atoms with Gasteiger partial charge in [0.1, 0.15) is 12.4 Å². The van der Waals surface area contributed by atoms with Crippen LogP contribution in [-0.4, -0.2) is 35.7 Å². The van der Waals surface area contributed by atoms with Gasteiger partial charge in [0.15, 0.2) is 11.5 Å². The van der Waals surface area contributed by atoms with Gasteiger partial charge in [-0.15, -0.1) is 0 Å². The summed E-state index contributed by atoms with van der Waals surface area (Å²) in [7, 11) is 1.63. The smallest absolute Gasteiger partial charge is 0.227 e. The number of carbonyl (C=O) groups excluding carboxylic acids is 1. The molecule has 4 aromatic rings. The molecule has 1 fully saturated rings. The van der Waals surface area contributed by atoms with Crippen LogP contribution in [0.1, 0.15) is 18.2 Å². The Bertz CT molecular complexity index is 1300. The van der Waals surface area contributed by atoms with E-state index in [2.05, 4.69) is 10.6 Å². The molecule has 33 heavy (non-hydrogen) atoms. The number of benzene rings is 3. The Labute approximate surface area is 197 Å². The monoisotopic (exact) mass is 461 g/mol. The number of aromatic nitrogens is 2. The van der Waals surface area contributed by atoms with Crippen LogP contribution in [0, 0.1) is 0 Å². The quantitative estimate of drug-likeness (QED) is 0.375. The number of ether oxygens (including phenoxy) is 2. The molecule has 0 spiro atoms. The molecule has 1 aliphatic heterocycles. The second kappa shape index (κ2) is 9.16. The molecule has 168 valence electrons. The minimum Gasteiger partial charge on any atom is -0.493 e.